The first-order valence-electron chi connectivity index (χ1n) is 8.11. The zero-order chi connectivity index (χ0) is 17.6. The first kappa shape index (κ1) is 17.7. The molecule has 6 heteroatoms. The van der Waals surface area contributed by atoms with Crippen LogP contribution in [-0.2, 0) is 16.1 Å². The summed E-state index contributed by atoms with van der Waals surface area (Å²) in [5, 5.41) is 20.6. The highest BCUT2D eigenvalue weighted by Crippen LogP contribution is 2.24. The fourth-order valence-electron chi connectivity index (χ4n) is 2.58. The molecule has 1 fully saturated rings. The second kappa shape index (κ2) is 8.31. The van der Waals surface area contributed by atoms with Gasteiger partial charge in [0.25, 0.3) is 0 Å². The van der Waals surface area contributed by atoms with Crippen LogP contribution in [0.4, 0.5) is 0 Å². The molecule has 0 radical (unpaired) electrons. The van der Waals surface area contributed by atoms with E-state index in [4.69, 9.17) is 18.9 Å². The van der Waals surface area contributed by atoms with Gasteiger partial charge in [0.1, 0.15) is 29.8 Å². The van der Waals surface area contributed by atoms with Crippen molar-refractivity contribution < 1.29 is 29.2 Å². The van der Waals surface area contributed by atoms with Crippen LogP contribution in [0.25, 0.3) is 0 Å². The van der Waals surface area contributed by atoms with Crippen molar-refractivity contribution in [2.45, 2.75) is 31.2 Å². The van der Waals surface area contributed by atoms with E-state index < -0.39 is 24.6 Å². The molecule has 1 aliphatic rings. The molecular formula is C19H22O6. The number of hydrogen-bond donors (Lipinski definition) is 2. The lowest BCUT2D eigenvalue weighted by atomic mass is 10.1. The number of methoxy groups -OCH3 is 1. The summed E-state index contributed by atoms with van der Waals surface area (Å²) in [6.45, 7) is 0.467. The molecule has 4 atom stereocenters. The lowest BCUT2D eigenvalue weighted by Crippen LogP contribution is -2.55. The van der Waals surface area contributed by atoms with Gasteiger partial charge in [-0.2, -0.15) is 0 Å². The van der Waals surface area contributed by atoms with Crippen LogP contribution in [0.1, 0.15) is 5.56 Å². The second-order valence-electron chi connectivity index (χ2n) is 5.81. The SMILES string of the molecule is COc1ccc(O[C@H]2OC[C@@H](OCc3ccccc3)[C@H](O)[C@@H]2O)cc1. The van der Waals surface area contributed by atoms with E-state index in [0.29, 0.717) is 18.1 Å². The highest BCUT2D eigenvalue weighted by Gasteiger charge is 2.40. The molecule has 0 aliphatic carbocycles. The zero-order valence-electron chi connectivity index (χ0n) is 13.9. The topological polar surface area (TPSA) is 77.4 Å². The van der Waals surface area contributed by atoms with E-state index in [1.54, 1.807) is 31.4 Å². The number of rotatable bonds is 6. The molecular weight excluding hydrogens is 324 g/mol. The molecule has 1 heterocycles. The Bertz CT molecular complexity index is 645. The predicted molar refractivity (Wildman–Crippen MR) is 90.4 cm³/mol. The van der Waals surface area contributed by atoms with Gasteiger partial charge in [-0.25, -0.2) is 0 Å². The van der Waals surface area contributed by atoms with Crippen molar-refractivity contribution >= 4 is 0 Å². The molecule has 2 aromatic carbocycles. The van der Waals surface area contributed by atoms with Gasteiger partial charge >= 0.3 is 0 Å². The third-order valence-electron chi connectivity index (χ3n) is 4.05. The van der Waals surface area contributed by atoms with E-state index in [2.05, 4.69) is 0 Å². The summed E-state index contributed by atoms with van der Waals surface area (Å²) in [5.74, 6) is 1.22. The van der Waals surface area contributed by atoms with Gasteiger partial charge in [-0.15, -0.1) is 0 Å². The van der Waals surface area contributed by atoms with Gasteiger partial charge in [0.2, 0.25) is 6.29 Å². The summed E-state index contributed by atoms with van der Waals surface area (Å²) in [5.41, 5.74) is 0.987. The molecule has 0 aromatic heterocycles. The zero-order valence-corrected chi connectivity index (χ0v) is 13.9. The Morgan fingerprint density at radius 2 is 1.64 bits per heavy atom. The monoisotopic (exact) mass is 346 g/mol. The van der Waals surface area contributed by atoms with Crippen LogP contribution < -0.4 is 9.47 Å². The molecule has 1 aliphatic heterocycles. The fraction of sp³-hybridized carbons (Fsp3) is 0.368. The largest absolute Gasteiger partial charge is 0.497 e. The Balaban J connectivity index is 1.54. The Morgan fingerprint density at radius 1 is 0.960 bits per heavy atom. The summed E-state index contributed by atoms with van der Waals surface area (Å²) >= 11 is 0. The Kier molecular flexibility index (Phi) is 5.88. The standard InChI is InChI=1S/C19H22O6/c1-22-14-7-9-15(10-8-14)25-19-18(21)17(20)16(12-24-19)23-11-13-5-3-2-4-6-13/h2-10,16-21H,11-12H2,1H3/t16-,17+,18+,19-/m1/s1. The highest BCUT2D eigenvalue weighted by atomic mass is 16.7. The third-order valence-corrected chi connectivity index (χ3v) is 4.05. The van der Waals surface area contributed by atoms with Crippen LogP contribution in [0, 0.1) is 0 Å². The smallest absolute Gasteiger partial charge is 0.228 e. The van der Waals surface area contributed by atoms with E-state index in [1.807, 2.05) is 30.3 Å². The quantitative estimate of drug-likeness (QED) is 0.830. The number of hydrogen-bond acceptors (Lipinski definition) is 6. The first-order valence-corrected chi connectivity index (χ1v) is 8.11. The number of ether oxygens (including phenoxy) is 4. The van der Waals surface area contributed by atoms with Crippen molar-refractivity contribution in [1.29, 1.82) is 0 Å². The molecule has 2 aromatic rings. The van der Waals surface area contributed by atoms with Gasteiger partial charge in [0.15, 0.2) is 0 Å². The van der Waals surface area contributed by atoms with Crippen molar-refractivity contribution in [1.82, 2.24) is 0 Å². The van der Waals surface area contributed by atoms with Gasteiger partial charge in [-0.05, 0) is 29.8 Å². The Hall–Kier alpha value is -2.12. The van der Waals surface area contributed by atoms with E-state index in [-0.39, 0.29) is 6.61 Å². The average molecular weight is 346 g/mol. The maximum atomic E-state index is 10.3. The van der Waals surface area contributed by atoms with Gasteiger partial charge in [0.05, 0.1) is 20.3 Å². The van der Waals surface area contributed by atoms with Gasteiger partial charge < -0.3 is 29.2 Å². The van der Waals surface area contributed by atoms with Crippen molar-refractivity contribution in [3.8, 4) is 11.5 Å². The summed E-state index contributed by atoms with van der Waals surface area (Å²) in [4.78, 5) is 0. The number of aliphatic hydroxyl groups excluding tert-OH is 2. The molecule has 0 unspecified atom stereocenters. The van der Waals surface area contributed by atoms with Crippen molar-refractivity contribution in [3.63, 3.8) is 0 Å². The van der Waals surface area contributed by atoms with Crippen molar-refractivity contribution in [2.75, 3.05) is 13.7 Å². The molecule has 1 saturated heterocycles. The van der Waals surface area contributed by atoms with Crippen molar-refractivity contribution in [2.24, 2.45) is 0 Å². The van der Waals surface area contributed by atoms with Crippen LogP contribution in [0.3, 0.4) is 0 Å². The molecule has 6 nitrogen and oxygen atoms in total. The first-order chi connectivity index (χ1) is 12.2. The van der Waals surface area contributed by atoms with Crippen LogP contribution in [0.2, 0.25) is 0 Å². The minimum Gasteiger partial charge on any atom is -0.497 e. The lowest BCUT2D eigenvalue weighted by molar-refractivity contribution is -0.252. The molecule has 0 saturated carbocycles. The minimum atomic E-state index is -1.21. The number of aliphatic hydroxyl groups is 2. The van der Waals surface area contributed by atoms with Crippen LogP contribution >= 0.6 is 0 Å². The molecule has 0 spiro atoms. The Labute approximate surface area is 146 Å². The molecule has 0 bridgehead atoms. The van der Waals surface area contributed by atoms with E-state index in [9.17, 15) is 10.2 Å². The van der Waals surface area contributed by atoms with Gasteiger partial charge in [0, 0.05) is 0 Å². The minimum absolute atomic E-state index is 0.131. The molecule has 134 valence electrons. The highest BCUT2D eigenvalue weighted by molar-refractivity contribution is 5.31. The molecule has 25 heavy (non-hydrogen) atoms. The van der Waals surface area contributed by atoms with Crippen LogP contribution in [0.5, 0.6) is 11.5 Å². The van der Waals surface area contributed by atoms with Crippen molar-refractivity contribution in [3.05, 3.63) is 60.2 Å². The van der Waals surface area contributed by atoms with E-state index in [0.717, 1.165) is 5.56 Å². The Morgan fingerprint density at radius 3 is 2.32 bits per heavy atom. The average Bonchev–Trinajstić information content (AvgIpc) is 2.66. The third kappa shape index (κ3) is 4.49. The molecule has 3 rings (SSSR count). The summed E-state index contributed by atoms with van der Waals surface area (Å²) in [6.07, 6.45) is -3.89. The summed E-state index contributed by atoms with van der Waals surface area (Å²) in [7, 11) is 1.58. The fourth-order valence-corrected chi connectivity index (χ4v) is 2.58. The molecule has 0 amide bonds. The number of benzene rings is 2. The summed E-state index contributed by atoms with van der Waals surface area (Å²) < 4.78 is 21.9. The maximum absolute atomic E-state index is 10.3. The van der Waals surface area contributed by atoms with Crippen LogP contribution in [0.15, 0.2) is 54.6 Å². The lowest BCUT2D eigenvalue weighted by Gasteiger charge is -2.37. The predicted octanol–water partition coefficient (Wildman–Crippen LogP) is 1.74. The molecule has 2 N–H and O–H groups in total. The maximum Gasteiger partial charge on any atom is 0.228 e. The van der Waals surface area contributed by atoms with Crippen LogP contribution in [-0.4, -0.2) is 48.5 Å². The van der Waals surface area contributed by atoms with Gasteiger partial charge in [-0.3, -0.25) is 0 Å². The second-order valence-corrected chi connectivity index (χ2v) is 5.81. The van der Waals surface area contributed by atoms with E-state index in [1.165, 1.54) is 0 Å². The van der Waals surface area contributed by atoms with E-state index >= 15 is 0 Å². The summed E-state index contributed by atoms with van der Waals surface area (Å²) in [6, 6.07) is 16.5. The normalized spacial score (nSPS) is 26.2. The van der Waals surface area contributed by atoms with Gasteiger partial charge in [-0.1, -0.05) is 30.3 Å².